The molecular formula is C14H21NO. The van der Waals surface area contributed by atoms with E-state index in [0.29, 0.717) is 0 Å². The van der Waals surface area contributed by atoms with Crippen molar-refractivity contribution in [1.29, 1.82) is 0 Å². The SMILES string of the molecule is CNC(c1cccc(C)c1)C1(CO)CCC1. The number of nitrogens with one attached hydrogen (secondary N) is 1. The van der Waals surface area contributed by atoms with Crippen LogP contribution >= 0.6 is 0 Å². The summed E-state index contributed by atoms with van der Waals surface area (Å²) in [6.07, 6.45) is 3.50. The maximum absolute atomic E-state index is 9.63. The summed E-state index contributed by atoms with van der Waals surface area (Å²) in [7, 11) is 1.99. The molecular weight excluding hydrogens is 198 g/mol. The number of rotatable bonds is 4. The first-order valence-electron chi connectivity index (χ1n) is 6.06. The molecule has 1 aliphatic carbocycles. The molecule has 0 bridgehead atoms. The van der Waals surface area contributed by atoms with E-state index in [1.165, 1.54) is 17.5 Å². The number of benzene rings is 1. The summed E-state index contributed by atoms with van der Waals surface area (Å²) in [5.41, 5.74) is 2.66. The van der Waals surface area contributed by atoms with E-state index in [-0.39, 0.29) is 18.1 Å². The van der Waals surface area contributed by atoms with Gasteiger partial charge in [-0.15, -0.1) is 0 Å². The summed E-state index contributed by atoms with van der Waals surface area (Å²) in [4.78, 5) is 0. The van der Waals surface area contributed by atoms with Gasteiger partial charge >= 0.3 is 0 Å². The molecule has 0 amide bonds. The van der Waals surface area contributed by atoms with E-state index in [9.17, 15) is 5.11 Å². The van der Waals surface area contributed by atoms with Crippen LogP contribution in [0.2, 0.25) is 0 Å². The molecule has 0 radical (unpaired) electrons. The van der Waals surface area contributed by atoms with E-state index in [0.717, 1.165) is 12.8 Å². The van der Waals surface area contributed by atoms with Gasteiger partial charge in [0.25, 0.3) is 0 Å². The Morgan fingerprint density at radius 1 is 1.44 bits per heavy atom. The van der Waals surface area contributed by atoms with Crippen molar-refractivity contribution >= 4 is 0 Å². The highest BCUT2D eigenvalue weighted by Crippen LogP contribution is 2.49. The minimum absolute atomic E-state index is 0.0720. The molecule has 0 aromatic heterocycles. The van der Waals surface area contributed by atoms with Crippen molar-refractivity contribution < 1.29 is 5.11 Å². The van der Waals surface area contributed by atoms with Crippen molar-refractivity contribution in [1.82, 2.24) is 5.32 Å². The summed E-state index contributed by atoms with van der Waals surface area (Å²) in [5.74, 6) is 0. The summed E-state index contributed by atoms with van der Waals surface area (Å²) in [6.45, 7) is 2.40. The van der Waals surface area contributed by atoms with Crippen molar-refractivity contribution in [3.63, 3.8) is 0 Å². The lowest BCUT2D eigenvalue weighted by Gasteiger charge is -2.46. The molecule has 88 valence electrons. The van der Waals surface area contributed by atoms with Crippen LogP contribution in [0.4, 0.5) is 0 Å². The molecule has 1 unspecified atom stereocenters. The maximum atomic E-state index is 9.63. The molecule has 2 heteroatoms. The lowest BCUT2D eigenvalue weighted by Crippen LogP contribution is -2.44. The van der Waals surface area contributed by atoms with E-state index < -0.39 is 0 Å². The van der Waals surface area contributed by atoms with Gasteiger partial charge < -0.3 is 10.4 Å². The summed E-state index contributed by atoms with van der Waals surface area (Å²) < 4.78 is 0. The summed E-state index contributed by atoms with van der Waals surface area (Å²) in [6, 6.07) is 8.87. The summed E-state index contributed by atoms with van der Waals surface area (Å²) in [5, 5.41) is 13.0. The summed E-state index contributed by atoms with van der Waals surface area (Å²) >= 11 is 0. The molecule has 0 spiro atoms. The van der Waals surface area contributed by atoms with E-state index in [1.807, 2.05) is 7.05 Å². The van der Waals surface area contributed by atoms with Crippen LogP contribution in [0.3, 0.4) is 0 Å². The van der Waals surface area contributed by atoms with Crippen molar-refractivity contribution in [2.45, 2.75) is 32.2 Å². The molecule has 1 aromatic rings. The van der Waals surface area contributed by atoms with E-state index in [4.69, 9.17) is 0 Å². The van der Waals surface area contributed by atoms with E-state index >= 15 is 0 Å². The Morgan fingerprint density at radius 3 is 2.62 bits per heavy atom. The van der Waals surface area contributed by atoms with E-state index in [2.05, 4.69) is 36.5 Å². The Hall–Kier alpha value is -0.860. The monoisotopic (exact) mass is 219 g/mol. The van der Waals surface area contributed by atoms with E-state index in [1.54, 1.807) is 0 Å². The number of aliphatic hydroxyl groups is 1. The maximum Gasteiger partial charge on any atom is 0.0505 e. The molecule has 2 nitrogen and oxygen atoms in total. The van der Waals surface area contributed by atoms with Crippen molar-refractivity contribution in [2.75, 3.05) is 13.7 Å². The second-order valence-corrected chi connectivity index (χ2v) is 5.01. The van der Waals surface area contributed by atoms with Crippen LogP contribution in [-0.4, -0.2) is 18.8 Å². The molecule has 1 saturated carbocycles. The fourth-order valence-corrected chi connectivity index (χ4v) is 2.85. The molecule has 16 heavy (non-hydrogen) atoms. The normalized spacial score (nSPS) is 20.2. The second kappa shape index (κ2) is 4.56. The Kier molecular flexibility index (Phi) is 3.31. The topological polar surface area (TPSA) is 32.3 Å². The number of aliphatic hydroxyl groups excluding tert-OH is 1. The van der Waals surface area contributed by atoms with Gasteiger partial charge in [-0.3, -0.25) is 0 Å². The van der Waals surface area contributed by atoms with Gasteiger partial charge in [-0.25, -0.2) is 0 Å². The second-order valence-electron chi connectivity index (χ2n) is 5.01. The quantitative estimate of drug-likeness (QED) is 0.815. The average molecular weight is 219 g/mol. The third-order valence-corrected chi connectivity index (χ3v) is 3.94. The predicted molar refractivity (Wildman–Crippen MR) is 66.3 cm³/mol. The Balaban J connectivity index is 2.28. The predicted octanol–water partition coefficient (Wildman–Crippen LogP) is 2.42. The first kappa shape index (κ1) is 11.6. The zero-order chi connectivity index (χ0) is 11.6. The molecule has 0 heterocycles. The van der Waals surface area contributed by atoms with Crippen LogP contribution in [0.15, 0.2) is 24.3 Å². The van der Waals surface area contributed by atoms with Gasteiger partial charge in [0.1, 0.15) is 0 Å². The van der Waals surface area contributed by atoms with Gasteiger partial charge in [0, 0.05) is 11.5 Å². The zero-order valence-corrected chi connectivity index (χ0v) is 10.2. The Bertz CT molecular complexity index is 352. The first-order valence-corrected chi connectivity index (χ1v) is 6.06. The van der Waals surface area contributed by atoms with Crippen molar-refractivity contribution in [3.8, 4) is 0 Å². The van der Waals surface area contributed by atoms with Gasteiger partial charge in [-0.05, 0) is 32.4 Å². The highest BCUT2D eigenvalue weighted by atomic mass is 16.3. The molecule has 1 fully saturated rings. The molecule has 1 aromatic carbocycles. The van der Waals surface area contributed by atoms with Crippen LogP contribution < -0.4 is 5.32 Å². The molecule has 0 aliphatic heterocycles. The average Bonchev–Trinajstić information content (AvgIpc) is 2.23. The fourth-order valence-electron chi connectivity index (χ4n) is 2.85. The van der Waals surface area contributed by atoms with Gasteiger partial charge in [0.05, 0.1) is 6.61 Å². The minimum Gasteiger partial charge on any atom is -0.396 e. The fraction of sp³-hybridized carbons (Fsp3) is 0.571. The minimum atomic E-state index is 0.0720. The van der Waals surface area contributed by atoms with Crippen LogP contribution in [-0.2, 0) is 0 Å². The highest BCUT2D eigenvalue weighted by Gasteiger charge is 2.43. The van der Waals surface area contributed by atoms with Crippen LogP contribution in [0, 0.1) is 12.3 Å². The zero-order valence-electron chi connectivity index (χ0n) is 10.2. The van der Waals surface area contributed by atoms with Gasteiger partial charge in [0.15, 0.2) is 0 Å². The Labute approximate surface area is 97.7 Å². The largest absolute Gasteiger partial charge is 0.396 e. The van der Waals surface area contributed by atoms with Crippen LogP contribution in [0.25, 0.3) is 0 Å². The number of hydrogen-bond donors (Lipinski definition) is 2. The van der Waals surface area contributed by atoms with Gasteiger partial charge in [-0.2, -0.15) is 0 Å². The molecule has 1 aliphatic rings. The third-order valence-electron chi connectivity index (χ3n) is 3.94. The molecule has 0 saturated heterocycles. The standard InChI is InChI=1S/C14H21NO/c1-11-5-3-6-12(9-11)13(15-2)14(10-16)7-4-8-14/h3,5-6,9,13,15-16H,4,7-8,10H2,1-2H3. The molecule has 2 rings (SSSR count). The Morgan fingerprint density at radius 2 is 2.19 bits per heavy atom. The van der Waals surface area contributed by atoms with Gasteiger partial charge in [0.2, 0.25) is 0 Å². The lowest BCUT2D eigenvalue weighted by atomic mass is 9.63. The highest BCUT2D eigenvalue weighted by molar-refractivity contribution is 5.27. The first-order chi connectivity index (χ1) is 7.72. The lowest BCUT2D eigenvalue weighted by molar-refractivity contribution is 0.00782. The van der Waals surface area contributed by atoms with Crippen molar-refractivity contribution in [2.24, 2.45) is 5.41 Å². The third kappa shape index (κ3) is 1.87. The smallest absolute Gasteiger partial charge is 0.0505 e. The van der Waals surface area contributed by atoms with Gasteiger partial charge in [-0.1, -0.05) is 36.2 Å². The number of aryl methyl sites for hydroxylation is 1. The molecule has 1 atom stereocenters. The van der Waals surface area contributed by atoms with Crippen molar-refractivity contribution in [3.05, 3.63) is 35.4 Å². The molecule has 2 N–H and O–H groups in total. The number of hydrogen-bond acceptors (Lipinski definition) is 2. The van der Waals surface area contributed by atoms with Crippen LogP contribution in [0.1, 0.15) is 36.4 Å². The van der Waals surface area contributed by atoms with Crippen LogP contribution in [0.5, 0.6) is 0 Å².